The van der Waals surface area contributed by atoms with Crippen LogP contribution in [0.2, 0.25) is 0 Å². The van der Waals surface area contributed by atoms with Crippen LogP contribution in [0.25, 0.3) is 0 Å². The average Bonchev–Trinajstić information content (AvgIpc) is 2.54. The van der Waals surface area contributed by atoms with Gasteiger partial charge in [0, 0.05) is 12.2 Å². The molecule has 22 heavy (non-hydrogen) atoms. The van der Waals surface area contributed by atoms with E-state index in [0.29, 0.717) is 12.1 Å². The Kier molecular flexibility index (Phi) is 6.39. The lowest BCUT2D eigenvalue weighted by Gasteiger charge is -2.26. The summed E-state index contributed by atoms with van der Waals surface area (Å²) in [5, 5.41) is 9.83. The molecule has 0 radical (unpaired) electrons. The summed E-state index contributed by atoms with van der Waals surface area (Å²) in [7, 11) is 0. The highest BCUT2D eigenvalue weighted by Gasteiger charge is 2.11. The number of nitrogens with zero attached hydrogens (tertiary/aromatic N) is 1. The zero-order valence-corrected chi connectivity index (χ0v) is 13.5. The summed E-state index contributed by atoms with van der Waals surface area (Å²) in [6, 6.07) is 16.8. The van der Waals surface area contributed by atoms with Crippen molar-refractivity contribution in [3.63, 3.8) is 0 Å². The second-order valence-corrected chi connectivity index (χ2v) is 6.06. The fraction of sp³-hybridized carbons (Fsp3) is 0.250. The number of hydrogen-bond donors (Lipinski definition) is 1. The molecule has 0 saturated heterocycles. The van der Waals surface area contributed by atoms with Gasteiger partial charge in [0.2, 0.25) is 0 Å². The monoisotopic (exact) mass is 338 g/mol. The van der Waals surface area contributed by atoms with Crippen LogP contribution in [0.1, 0.15) is 17.2 Å². The van der Waals surface area contributed by atoms with Gasteiger partial charge in [0.25, 0.3) is 0 Å². The van der Waals surface area contributed by atoms with E-state index in [9.17, 15) is 13.9 Å². The van der Waals surface area contributed by atoms with Crippen molar-refractivity contribution in [2.75, 3.05) is 16.7 Å². The Morgan fingerprint density at radius 3 is 2.55 bits per heavy atom. The third kappa shape index (κ3) is 4.81. The first-order chi connectivity index (χ1) is 10.6. The molecule has 2 aromatic rings. The van der Waals surface area contributed by atoms with Crippen LogP contribution in [0.15, 0.2) is 54.6 Å². The summed E-state index contributed by atoms with van der Waals surface area (Å²) in [6.07, 6.45) is -0.766. The molecule has 2 rings (SSSR count). The fourth-order valence-electron chi connectivity index (χ4n) is 2.16. The van der Waals surface area contributed by atoms with Gasteiger partial charge in [-0.1, -0.05) is 42.5 Å². The van der Waals surface area contributed by atoms with Crippen molar-refractivity contribution in [2.45, 2.75) is 12.6 Å². The molecule has 0 saturated carbocycles. The van der Waals surface area contributed by atoms with Crippen LogP contribution in [0.3, 0.4) is 0 Å². The number of benzene rings is 2. The van der Waals surface area contributed by atoms with Crippen molar-refractivity contribution < 1.29 is 13.9 Å². The van der Waals surface area contributed by atoms with Gasteiger partial charge in [0.15, 0.2) is 0 Å². The molecule has 0 heterocycles. The Morgan fingerprint density at radius 1 is 1.18 bits per heavy atom. The van der Waals surface area contributed by atoms with Crippen molar-refractivity contribution >= 4 is 28.4 Å². The lowest BCUT2D eigenvalue weighted by Crippen LogP contribution is -2.26. The highest BCUT2D eigenvalue weighted by Crippen LogP contribution is 2.23. The predicted molar refractivity (Wildman–Crippen MR) is 88.5 cm³/mol. The molecule has 0 aliphatic carbocycles. The molecule has 2 atom stereocenters. The minimum Gasteiger partial charge on any atom is -0.771 e. The second kappa shape index (κ2) is 8.29. The highest BCUT2D eigenvalue weighted by molar-refractivity contribution is 7.79. The Morgan fingerprint density at radius 2 is 1.91 bits per heavy atom. The summed E-state index contributed by atoms with van der Waals surface area (Å²) in [5.41, 5.74) is 2.41. The number of halogens is 1. The molecular formula is C16H17ClNO3S-. The fourth-order valence-corrected chi connectivity index (χ4v) is 2.83. The molecule has 1 N–H and O–H groups in total. The van der Waals surface area contributed by atoms with Crippen molar-refractivity contribution in [1.82, 2.24) is 0 Å². The summed E-state index contributed by atoms with van der Waals surface area (Å²) in [4.78, 5) is 1.74. The lowest BCUT2D eigenvalue weighted by molar-refractivity contribution is 0.202. The van der Waals surface area contributed by atoms with Gasteiger partial charge >= 0.3 is 0 Å². The molecule has 1 unspecified atom stereocenters. The lowest BCUT2D eigenvalue weighted by atomic mass is 10.1. The normalized spacial score (nSPS) is 13.6. The zero-order chi connectivity index (χ0) is 15.9. The molecule has 0 bridgehead atoms. The van der Waals surface area contributed by atoms with Crippen LogP contribution in [0.4, 0.5) is 5.69 Å². The van der Waals surface area contributed by atoms with Gasteiger partial charge in [-0.3, -0.25) is 4.21 Å². The molecule has 0 aliphatic heterocycles. The van der Waals surface area contributed by atoms with Crippen LogP contribution in [0.5, 0.6) is 0 Å². The van der Waals surface area contributed by atoms with E-state index in [1.165, 1.54) is 0 Å². The summed E-state index contributed by atoms with van der Waals surface area (Å²) in [5.74, 6) is -0.0229. The quantitative estimate of drug-likeness (QED) is 0.623. The van der Waals surface area contributed by atoms with Gasteiger partial charge in [-0.2, -0.15) is 0 Å². The average molecular weight is 339 g/mol. The Balaban J connectivity index is 2.27. The van der Waals surface area contributed by atoms with Crippen molar-refractivity contribution in [2.24, 2.45) is 0 Å². The van der Waals surface area contributed by atoms with E-state index in [0.717, 1.165) is 11.3 Å². The van der Waals surface area contributed by atoms with Crippen LogP contribution in [0, 0.1) is 0 Å². The summed E-state index contributed by atoms with van der Waals surface area (Å²) < 4.78 is 22.3. The van der Waals surface area contributed by atoms with Crippen molar-refractivity contribution in [1.29, 1.82) is 0 Å². The number of aliphatic hydroxyl groups is 1. The number of alkyl halides is 1. The van der Waals surface area contributed by atoms with Gasteiger partial charge in [-0.05, 0) is 34.3 Å². The second-order valence-electron chi connectivity index (χ2n) is 4.88. The molecule has 2 aromatic carbocycles. The third-order valence-electron chi connectivity index (χ3n) is 3.24. The van der Waals surface area contributed by atoms with Crippen molar-refractivity contribution in [3.8, 4) is 0 Å². The number of hydrogen-bond acceptors (Lipinski definition) is 4. The summed E-state index contributed by atoms with van der Waals surface area (Å²) in [6.45, 7) is 0.468. The predicted octanol–water partition coefficient (Wildman–Crippen LogP) is 2.80. The molecule has 0 spiro atoms. The van der Waals surface area contributed by atoms with Gasteiger partial charge in [0.05, 0.1) is 17.9 Å². The van der Waals surface area contributed by atoms with Crippen LogP contribution in [-0.2, 0) is 17.6 Å². The zero-order valence-electron chi connectivity index (χ0n) is 11.9. The molecule has 4 nitrogen and oxygen atoms in total. The molecule has 0 aliphatic rings. The van der Waals surface area contributed by atoms with Gasteiger partial charge < -0.3 is 14.6 Å². The molecular weight excluding hydrogens is 322 g/mol. The molecule has 0 aromatic heterocycles. The number of rotatable bonds is 7. The Bertz CT molecular complexity index is 624. The number of aliphatic hydroxyl groups excluding tert-OH is 1. The van der Waals surface area contributed by atoms with E-state index < -0.39 is 17.2 Å². The van der Waals surface area contributed by atoms with Crippen LogP contribution >= 0.6 is 11.6 Å². The molecule has 0 amide bonds. The van der Waals surface area contributed by atoms with E-state index >= 15 is 0 Å². The maximum atomic E-state index is 11.1. The smallest absolute Gasteiger partial charge is 0.0926 e. The molecule has 118 valence electrons. The van der Waals surface area contributed by atoms with Crippen molar-refractivity contribution in [3.05, 3.63) is 65.7 Å². The Labute approximate surface area is 137 Å². The largest absolute Gasteiger partial charge is 0.771 e. The molecule has 0 fully saturated rings. The minimum atomic E-state index is -2.20. The minimum absolute atomic E-state index is 0.0929. The van der Waals surface area contributed by atoms with Crippen LogP contribution in [-0.4, -0.2) is 25.6 Å². The SMILES string of the molecule is O=S([O-])CN(Cc1ccccc1)c1cccc([C@@H](O)CCl)c1. The van der Waals surface area contributed by atoms with Gasteiger partial charge in [0.1, 0.15) is 0 Å². The molecule has 6 heteroatoms. The first kappa shape index (κ1) is 17.0. The first-order valence-electron chi connectivity index (χ1n) is 6.79. The Hall–Kier alpha value is -1.40. The standard InChI is InChI=1S/C16H18ClNO3S/c17-10-16(19)14-7-4-8-15(9-14)18(12-22(20)21)11-13-5-2-1-3-6-13/h1-9,16,19H,10-12H2,(H,20,21)/p-1/t16-/m0/s1. The van der Waals surface area contributed by atoms with E-state index in [4.69, 9.17) is 11.6 Å². The summed E-state index contributed by atoms with van der Waals surface area (Å²) >= 11 is 3.47. The number of anilines is 1. The maximum Gasteiger partial charge on any atom is 0.0926 e. The third-order valence-corrected chi connectivity index (χ3v) is 4.06. The van der Waals surface area contributed by atoms with Gasteiger partial charge in [-0.15, -0.1) is 11.6 Å². The first-order valence-corrected chi connectivity index (χ1v) is 8.56. The highest BCUT2D eigenvalue weighted by atomic mass is 35.5. The maximum absolute atomic E-state index is 11.1. The van der Waals surface area contributed by atoms with E-state index in [-0.39, 0.29) is 11.8 Å². The topological polar surface area (TPSA) is 63.6 Å². The van der Waals surface area contributed by atoms with E-state index in [2.05, 4.69) is 0 Å². The van der Waals surface area contributed by atoms with Gasteiger partial charge in [-0.25, -0.2) is 0 Å². The van der Waals surface area contributed by atoms with E-state index in [1.54, 1.807) is 23.1 Å². The van der Waals surface area contributed by atoms with E-state index in [1.807, 2.05) is 36.4 Å². The van der Waals surface area contributed by atoms with Crippen LogP contribution < -0.4 is 4.90 Å².